The van der Waals surface area contributed by atoms with Crippen molar-refractivity contribution in [2.75, 3.05) is 5.32 Å². The van der Waals surface area contributed by atoms with Crippen LogP contribution in [0.2, 0.25) is 0 Å². The number of fused-ring (bicyclic) bond motifs is 1. The van der Waals surface area contributed by atoms with Gasteiger partial charge in [0.25, 0.3) is 0 Å². The maximum atomic E-state index is 12.3. The summed E-state index contributed by atoms with van der Waals surface area (Å²) in [5, 5.41) is 12.6. The van der Waals surface area contributed by atoms with Crippen molar-refractivity contribution in [3.63, 3.8) is 0 Å². The summed E-state index contributed by atoms with van der Waals surface area (Å²) < 4.78 is 7.22. The van der Waals surface area contributed by atoms with Crippen LogP contribution in [0.3, 0.4) is 0 Å². The van der Waals surface area contributed by atoms with E-state index in [-0.39, 0.29) is 6.61 Å². The number of thiazole rings is 1. The van der Waals surface area contributed by atoms with Crippen LogP contribution >= 0.6 is 11.3 Å². The minimum absolute atomic E-state index is 0.155. The highest BCUT2D eigenvalue weighted by molar-refractivity contribution is 7.19. The highest BCUT2D eigenvalue weighted by Crippen LogP contribution is 2.33. The molecule has 1 amide bonds. The second-order valence-corrected chi connectivity index (χ2v) is 8.18. The van der Waals surface area contributed by atoms with Gasteiger partial charge < -0.3 is 4.74 Å². The number of hydrogen-bond acceptors (Lipinski definition) is 6. The van der Waals surface area contributed by atoms with Gasteiger partial charge in [-0.15, -0.1) is 5.10 Å². The molecule has 0 spiro atoms. The normalized spacial score (nSPS) is 11.1. The van der Waals surface area contributed by atoms with Crippen LogP contribution in [0.1, 0.15) is 29.3 Å². The highest BCUT2D eigenvalue weighted by atomic mass is 32.1. The first kappa shape index (κ1) is 20.0. The quantitative estimate of drug-likeness (QED) is 0.476. The van der Waals surface area contributed by atoms with Gasteiger partial charge in [0, 0.05) is 12.1 Å². The summed E-state index contributed by atoms with van der Waals surface area (Å²) in [4.78, 5) is 16.9. The van der Waals surface area contributed by atoms with E-state index >= 15 is 0 Å². The largest absolute Gasteiger partial charge is 0.444 e. The molecule has 30 heavy (non-hydrogen) atoms. The SMILES string of the molecule is CCn1nnc2cc(COC(=O)Nc3sc(-c4ccc(C)cc4C)nc3C)ccc21. The zero-order valence-electron chi connectivity index (χ0n) is 17.4. The molecule has 4 aromatic rings. The molecule has 2 aromatic heterocycles. The van der Waals surface area contributed by atoms with Crippen LogP contribution in [0.25, 0.3) is 21.6 Å². The van der Waals surface area contributed by atoms with E-state index in [0.717, 1.165) is 45.0 Å². The molecule has 0 bridgehead atoms. The maximum absolute atomic E-state index is 12.3. The number of benzene rings is 2. The maximum Gasteiger partial charge on any atom is 0.412 e. The van der Waals surface area contributed by atoms with Crippen molar-refractivity contribution < 1.29 is 9.53 Å². The molecule has 0 radical (unpaired) electrons. The van der Waals surface area contributed by atoms with Crippen LogP contribution in [0, 0.1) is 20.8 Å². The molecule has 0 aliphatic heterocycles. The molecule has 154 valence electrons. The third kappa shape index (κ3) is 4.04. The average molecular weight is 422 g/mol. The minimum Gasteiger partial charge on any atom is -0.444 e. The number of anilines is 1. The summed E-state index contributed by atoms with van der Waals surface area (Å²) in [6, 6.07) is 12.0. The Bertz CT molecular complexity index is 1230. The van der Waals surface area contributed by atoms with Crippen molar-refractivity contribution >= 4 is 33.5 Å². The number of nitrogens with one attached hydrogen (secondary N) is 1. The van der Waals surface area contributed by atoms with Crippen LogP contribution in [0.4, 0.5) is 9.80 Å². The number of hydrogen-bond donors (Lipinski definition) is 1. The smallest absolute Gasteiger partial charge is 0.412 e. The summed E-state index contributed by atoms with van der Waals surface area (Å²) in [5.41, 5.74) is 6.82. The number of aromatic nitrogens is 4. The average Bonchev–Trinajstić information content (AvgIpc) is 3.29. The number of carbonyl (C=O) groups is 1. The first-order valence-corrected chi connectivity index (χ1v) is 10.6. The highest BCUT2D eigenvalue weighted by Gasteiger charge is 2.14. The third-order valence-corrected chi connectivity index (χ3v) is 5.98. The predicted octanol–water partition coefficient (Wildman–Crippen LogP) is 5.25. The summed E-state index contributed by atoms with van der Waals surface area (Å²) in [6.45, 7) is 8.94. The van der Waals surface area contributed by atoms with E-state index in [1.54, 1.807) is 0 Å². The molecule has 0 aliphatic carbocycles. The Morgan fingerprint density at radius 2 is 2.00 bits per heavy atom. The van der Waals surface area contributed by atoms with Crippen molar-refractivity contribution in [2.45, 2.75) is 40.8 Å². The van der Waals surface area contributed by atoms with Gasteiger partial charge in [0.15, 0.2) is 0 Å². The molecule has 2 heterocycles. The molecule has 8 heteroatoms. The van der Waals surface area contributed by atoms with Crippen LogP contribution < -0.4 is 5.32 Å². The van der Waals surface area contributed by atoms with Crippen molar-refractivity contribution in [1.82, 2.24) is 20.0 Å². The van der Waals surface area contributed by atoms with E-state index in [2.05, 4.69) is 52.7 Å². The topological polar surface area (TPSA) is 81.9 Å². The van der Waals surface area contributed by atoms with E-state index in [1.165, 1.54) is 16.9 Å². The van der Waals surface area contributed by atoms with Gasteiger partial charge in [-0.1, -0.05) is 46.4 Å². The number of nitrogens with zero attached hydrogens (tertiary/aromatic N) is 4. The molecule has 0 saturated carbocycles. The lowest BCUT2D eigenvalue weighted by atomic mass is 10.1. The zero-order chi connectivity index (χ0) is 21.3. The molecular weight excluding hydrogens is 398 g/mol. The molecule has 2 aromatic carbocycles. The van der Waals surface area contributed by atoms with Gasteiger partial charge in [0.1, 0.15) is 22.1 Å². The standard InChI is InChI=1S/C22H23N5O2S/c1-5-27-19-9-7-16(11-18(19)25-26-27)12-29-22(28)24-20-15(4)23-21(30-20)17-8-6-13(2)10-14(17)3/h6-11H,5,12H2,1-4H3,(H,24,28). The number of rotatable bonds is 5. The van der Waals surface area contributed by atoms with Gasteiger partial charge in [-0.2, -0.15) is 0 Å². The van der Waals surface area contributed by atoms with Gasteiger partial charge in [-0.05, 0) is 51.0 Å². The zero-order valence-corrected chi connectivity index (χ0v) is 18.2. The van der Waals surface area contributed by atoms with Crippen molar-refractivity contribution in [3.05, 3.63) is 58.8 Å². The first-order valence-electron chi connectivity index (χ1n) is 9.75. The van der Waals surface area contributed by atoms with Crippen LogP contribution in [-0.4, -0.2) is 26.1 Å². The lowest BCUT2D eigenvalue weighted by Crippen LogP contribution is -2.13. The number of ether oxygens (including phenoxy) is 1. The van der Waals surface area contributed by atoms with Gasteiger partial charge in [-0.25, -0.2) is 14.5 Å². The van der Waals surface area contributed by atoms with E-state index in [0.29, 0.717) is 5.00 Å². The van der Waals surface area contributed by atoms with E-state index < -0.39 is 6.09 Å². The molecular formula is C22H23N5O2S. The molecule has 7 nitrogen and oxygen atoms in total. The van der Waals surface area contributed by atoms with Gasteiger partial charge >= 0.3 is 6.09 Å². The Balaban J connectivity index is 1.42. The molecule has 0 fully saturated rings. The van der Waals surface area contributed by atoms with Crippen LogP contribution in [0.15, 0.2) is 36.4 Å². The van der Waals surface area contributed by atoms with E-state index in [1.807, 2.05) is 36.7 Å². The molecule has 1 N–H and O–H groups in total. The van der Waals surface area contributed by atoms with Crippen molar-refractivity contribution in [1.29, 1.82) is 0 Å². The van der Waals surface area contributed by atoms with Gasteiger partial charge in [0.2, 0.25) is 0 Å². The fourth-order valence-corrected chi connectivity index (χ4v) is 4.34. The molecule has 0 unspecified atom stereocenters. The lowest BCUT2D eigenvalue weighted by molar-refractivity contribution is 0.155. The van der Waals surface area contributed by atoms with E-state index in [4.69, 9.17) is 4.74 Å². The van der Waals surface area contributed by atoms with Gasteiger partial charge in [0.05, 0.1) is 11.2 Å². The Labute approximate surface area is 178 Å². The fraction of sp³-hybridized carbons (Fsp3) is 0.273. The number of carbonyl (C=O) groups excluding carboxylic acids is 1. The molecule has 0 atom stereocenters. The monoisotopic (exact) mass is 421 g/mol. The van der Waals surface area contributed by atoms with Gasteiger partial charge in [-0.3, -0.25) is 5.32 Å². The summed E-state index contributed by atoms with van der Waals surface area (Å²) in [5.74, 6) is 0. The van der Waals surface area contributed by atoms with E-state index in [9.17, 15) is 4.79 Å². The minimum atomic E-state index is -0.508. The third-order valence-electron chi connectivity index (χ3n) is 4.87. The first-order chi connectivity index (χ1) is 14.4. The van der Waals surface area contributed by atoms with Crippen LogP contribution in [-0.2, 0) is 17.9 Å². The van der Waals surface area contributed by atoms with Crippen LogP contribution in [0.5, 0.6) is 0 Å². The van der Waals surface area contributed by atoms with Crippen molar-refractivity contribution in [3.8, 4) is 10.6 Å². The molecule has 0 aliphatic rings. The Morgan fingerprint density at radius 3 is 2.77 bits per heavy atom. The summed E-state index contributed by atoms with van der Waals surface area (Å²) in [6.07, 6.45) is -0.508. The summed E-state index contributed by atoms with van der Waals surface area (Å²) >= 11 is 1.45. The molecule has 0 saturated heterocycles. The fourth-order valence-electron chi connectivity index (χ4n) is 3.30. The van der Waals surface area contributed by atoms with Crippen molar-refractivity contribution in [2.24, 2.45) is 0 Å². The second kappa shape index (κ2) is 8.23. The lowest BCUT2D eigenvalue weighted by Gasteiger charge is -2.06. The Morgan fingerprint density at radius 1 is 1.17 bits per heavy atom. The Hall–Kier alpha value is -3.26. The molecule has 4 rings (SSSR count). The summed E-state index contributed by atoms with van der Waals surface area (Å²) in [7, 11) is 0. The Kier molecular flexibility index (Phi) is 5.50. The second-order valence-electron chi connectivity index (χ2n) is 7.18. The number of aryl methyl sites for hydroxylation is 4. The number of amides is 1. The predicted molar refractivity (Wildman–Crippen MR) is 119 cm³/mol.